The van der Waals surface area contributed by atoms with Crippen LogP contribution >= 0.6 is 0 Å². The predicted molar refractivity (Wildman–Crippen MR) is 57.6 cm³/mol. The Bertz CT molecular complexity index is 379. The number of para-hydroxylation sites is 1. The molecule has 3 N–H and O–H groups in total. The molecule has 1 heterocycles. The van der Waals surface area contributed by atoms with Gasteiger partial charge in [0.1, 0.15) is 0 Å². The lowest BCUT2D eigenvalue weighted by Crippen LogP contribution is -2.29. The largest absolute Gasteiger partial charge is 0.465 e. The van der Waals surface area contributed by atoms with Crippen molar-refractivity contribution < 1.29 is 9.90 Å². The minimum Gasteiger partial charge on any atom is -0.465 e. The summed E-state index contributed by atoms with van der Waals surface area (Å²) < 4.78 is 0. The van der Waals surface area contributed by atoms with Gasteiger partial charge in [-0.05, 0) is 24.5 Å². The number of nitrogens with zero attached hydrogens (tertiary/aromatic N) is 1. The standard InChI is InChI=1S/C11H14N2O2/c12-9-5-2-1-4-8(9)10-6-3-7-13(10)11(14)15/h1-2,4-5,10H,3,6-7,12H2,(H,14,15). The molecule has 1 aliphatic rings. The van der Waals surface area contributed by atoms with Crippen LogP contribution in [0.15, 0.2) is 24.3 Å². The van der Waals surface area contributed by atoms with Gasteiger partial charge in [0.2, 0.25) is 0 Å². The van der Waals surface area contributed by atoms with Crippen LogP contribution in [0, 0.1) is 0 Å². The first-order valence-electron chi connectivity index (χ1n) is 5.04. The van der Waals surface area contributed by atoms with Gasteiger partial charge in [0.15, 0.2) is 0 Å². The molecule has 1 amide bonds. The van der Waals surface area contributed by atoms with Gasteiger partial charge in [-0.25, -0.2) is 4.79 Å². The molecule has 1 unspecified atom stereocenters. The molecule has 0 bridgehead atoms. The highest BCUT2D eigenvalue weighted by Crippen LogP contribution is 2.34. The van der Waals surface area contributed by atoms with Gasteiger partial charge >= 0.3 is 6.09 Å². The number of benzene rings is 1. The molecule has 80 valence electrons. The molecule has 15 heavy (non-hydrogen) atoms. The van der Waals surface area contributed by atoms with Crippen LogP contribution in [-0.2, 0) is 0 Å². The molecule has 2 rings (SSSR count). The zero-order chi connectivity index (χ0) is 10.8. The Morgan fingerprint density at radius 3 is 2.87 bits per heavy atom. The van der Waals surface area contributed by atoms with Crippen molar-refractivity contribution in [1.82, 2.24) is 4.90 Å². The van der Waals surface area contributed by atoms with E-state index in [-0.39, 0.29) is 6.04 Å². The number of amides is 1. The fourth-order valence-electron chi connectivity index (χ4n) is 2.13. The number of carbonyl (C=O) groups is 1. The van der Waals surface area contributed by atoms with Gasteiger partial charge < -0.3 is 15.7 Å². The van der Waals surface area contributed by atoms with Crippen molar-refractivity contribution in [2.75, 3.05) is 12.3 Å². The van der Waals surface area contributed by atoms with E-state index in [2.05, 4.69) is 0 Å². The maximum absolute atomic E-state index is 11.0. The number of nitrogens with two attached hydrogens (primary N) is 1. The summed E-state index contributed by atoms with van der Waals surface area (Å²) >= 11 is 0. The number of likely N-dealkylation sites (tertiary alicyclic amines) is 1. The number of rotatable bonds is 1. The van der Waals surface area contributed by atoms with E-state index in [0.717, 1.165) is 18.4 Å². The van der Waals surface area contributed by atoms with E-state index in [1.165, 1.54) is 4.90 Å². The molecule has 1 atom stereocenters. The van der Waals surface area contributed by atoms with Crippen molar-refractivity contribution >= 4 is 11.8 Å². The molecular formula is C11H14N2O2. The fourth-order valence-corrected chi connectivity index (χ4v) is 2.13. The van der Waals surface area contributed by atoms with Crippen LogP contribution in [0.1, 0.15) is 24.4 Å². The maximum atomic E-state index is 11.0. The van der Waals surface area contributed by atoms with Gasteiger partial charge in [0, 0.05) is 12.2 Å². The van der Waals surface area contributed by atoms with E-state index < -0.39 is 6.09 Å². The highest BCUT2D eigenvalue weighted by molar-refractivity contribution is 5.67. The molecular weight excluding hydrogens is 192 g/mol. The quantitative estimate of drug-likeness (QED) is 0.691. The third-order valence-electron chi connectivity index (χ3n) is 2.85. The zero-order valence-corrected chi connectivity index (χ0v) is 8.39. The van der Waals surface area contributed by atoms with E-state index in [1.807, 2.05) is 24.3 Å². The minimum atomic E-state index is -0.860. The lowest BCUT2D eigenvalue weighted by atomic mass is 10.0. The highest BCUT2D eigenvalue weighted by atomic mass is 16.4. The van der Waals surface area contributed by atoms with Crippen LogP contribution in [0.2, 0.25) is 0 Å². The molecule has 4 nitrogen and oxygen atoms in total. The Labute approximate surface area is 88.3 Å². The van der Waals surface area contributed by atoms with Crippen LogP contribution in [-0.4, -0.2) is 22.6 Å². The third kappa shape index (κ3) is 1.75. The lowest BCUT2D eigenvalue weighted by molar-refractivity contribution is 0.140. The van der Waals surface area contributed by atoms with Crippen molar-refractivity contribution in [3.8, 4) is 0 Å². The number of hydrogen-bond donors (Lipinski definition) is 2. The summed E-state index contributed by atoms with van der Waals surface area (Å²) in [5, 5.41) is 9.02. The molecule has 1 aromatic carbocycles. The second-order valence-corrected chi connectivity index (χ2v) is 3.76. The smallest absolute Gasteiger partial charge is 0.407 e. The van der Waals surface area contributed by atoms with Crippen molar-refractivity contribution in [3.05, 3.63) is 29.8 Å². The summed E-state index contributed by atoms with van der Waals surface area (Å²) in [4.78, 5) is 12.4. The molecule has 1 aromatic rings. The average Bonchev–Trinajstić information content (AvgIpc) is 2.67. The second-order valence-electron chi connectivity index (χ2n) is 3.76. The molecule has 1 fully saturated rings. The minimum absolute atomic E-state index is 0.0660. The predicted octanol–water partition coefficient (Wildman–Crippen LogP) is 2.08. The highest BCUT2D eigenvalue weighted by Gasteiger charge is 2.30. The summed E-state index contributed by atoms with van der Waals surface area (Å²) in [6, 6.07) is 7.40. The third-order valence-corrected chi connectivity index (χ3v) is 2.85. The molecule has 0 radical (unpaired) electrons. The molecule has 1 saturated heterocycles. The van der Waals surface area contributed by atoms with Crippen molar-refractivity contribution in [1.29, 1.82) is 0 Å². The van der Waals surface area contributed by atoms with E-state index in [1.54, 1.807) is 0 Å². The molecule has 1 aliphatic heterocycles. The van der Waals surface area contributed by atoms with E-state index in [9.17, 15) is 4.79 Å². The van der Waals surface area contributed by atoms with Crippen LogP contribution in [0.3, 0.4) is 0 Å². The number of hydrogen-bond acceptors (Lipinski definition) is 2. The average molecular weight is 206 g/mol. The van der Waals surface area contributed by atoms with Crippen LogP contribution < -0.4 is 5.73 Å². The first-order chi connectivity index (χ1) is 7.20. The molecule has 0 spiro atoms. The molecule has 0 aliphatic carbocycles. The summed E-state index contributed by atoms with van der Waals surface area (Å²) in [6.07, 6.45) is 0.909. The van der Waals surface area contributed by atoms with E-state index in [4.69, 9.17) is 10.8 Å². The first-order valence-corrected chi connectivity index (χ1v) is 5.04. The van der Waals surface area contributed by atoms with E-state index in [0.29, 0.717) is 12.2 Å². The topological polar surface area (TPSA) is 66.6 Å². The Morgan fingerprint density at radius 2 is 2.20 bits per heavy atom. The fraction of sp³-hybridized carbons (Fsp3) is 0.364. The number of nitrogen functional groups attached to an aromatic ring is 1. The SMILES string of the molecule is Nc1ccccc1C1CCCN1C(=O)O. The van der Waals surface area contributed by atoms with Crippen molar-refractivity contribution in [2.24, 2.45) is 0 Å². The van der Waals surface area contributed by atoms with Crippen LogP contribution in [0.5, 0.6) is 0 Å². The zero-order valence-electron chi connectivity index (χ0n) is 8.39. The summed E-state index contributed by atoms with van der Waals surface area (Å²) in [6.45, 7) is 0.605. The molecule has 0 saturated carbocycles. The second kappa shape index (κ2) is 3.81. The molecule has 4 heteroatoms. The van der Waals surface area contributed by atoms with Gasteiger partial charge in [-0.15, -0.1) is 0 Å². The molecule has 0 aromatic heterocycles. The van der Waals surface area contributed by atoms with Gasteiger partial charge in [-0.2, -0.15) is 0 Å². The number of carboxylic acid groups (broad SMARTS) is 1. The summed E-state index contributed by atoms with van der Waals surface area (Å²) in [5.74, 6) is 0. The van der Waals surface area contributed by atoms with Crippen LogP contribution in [0.25, 0.3) is 0 Å². The van der Waals surface area contributed by atoms with Crippen molar-refractivity contribution in [3.63, 3.8) is 0 Å². The normalized spacial score (nSPS) is 20.5. The Balaban J connectivity index is 2.30. The lowest BCUT2D eigenvalue weighted by Gasteiger charge is -2.22. The Hall–Kier alpha value is -1.71. The summed E-state index contributed by atoms with van der Waals surface area (Å²) in [7, 11) is 0. The van der Waals surface area contributed by atoms with Gasteiger partial charge in [0.25, 0.3) is 0 Å². The van der Waals surface area contributed by atoms with Crippen molar-refractivity contribution in [2.45, 2.75) is 18.9 Å². The van der Waals surface area contributed by atoms with Crippen LogP contribution in [0.4, 0.5) is 10.5 Å². The first kappa shape index (κ1) is 9.83. The van der Waals surface area contributed by atoms with Gasteiger partial charge in [0.05, 0.1) is 6.04 Å². The monoisotopic (exact) mass is 206 g/mol. The maximum Gasteiger partial charge on any atom is 0.407 e. The van der Waals surface area contributed by atoms with E-state index >= 15 is 0 Å². The Morgan fingerprint density at radius 1 is 1.47 bits per heavy atom. The number of anilines is 1. The Kier molecular flexibility index (Phi) is 2.49. The van der Waals surface area contributed by atoms with Gasteiger partial charge in [-0.3, -0.25) is 0 Å². The van der Waals surface area contributed by atoms with Gasteiger partial charge in [-0.1, -0.05) is 18.2 Å². The summed E-state index contributed by atoms with van der Waals surface area (Å²) in [5.41, 5.74) is 7.45.